The third-order valence-corrected chi connectivity index (χ3v) is 6.93. The van der Waals surface area contributed by atoms with E-state index in [1.807, 2.05) is 13.0 Å². The van der Waals surface area contributed by atoms with Crippen molar-refractivity contribution in [2.75, 3.05) is 0 Å². The maximum atomic E-state index is 12.1. The van der Waals surface area contributed by atoms with Gasteiger partial charge in [-0.05, 0) is 61.9 Å². The van der Waals surface area contributed by atoms with Crippen LogP contribution in [0.5, 0.6) is 0 Å². The van der Waals surface area contributed by atoms with Gasteiger partial charge in [0, 0.05) is 11.0 Å². The molecule has 1 N–H and O–H groups in total. The van der Waals surface area contributed by atoms with Crippen LogP contribution in [0.3, 0.4) is 0 Å². The van der Waals surface area contributed by atoms with Gasteiger partial charge in [-0.2, -0.15) is 0 Å². The smallest absolute Gasteiger partial charge is 0.222 e. The second kappa shape index (κ2) is 3.71. The molecular weight excluding hydrogens is 260 g/mol. The van der Waals surface area contributed by atoms with Crippen LogP contribution in [-0.4, -0.2) is 10.9 Å². The Balaban J connectivity index is 1.86. The van der Waals surface area contributed by atoms with Crippen molar-refractivity contribution in [1.82, 2.24) is 0 Å². The Kier molecular flexibility index (Phi) is 2.36. The first-order valence-electron chi connectivity index (χ1n) is 8.17. The fraction of sp³-hybridized carbons (Fsp3) is 0.632. The molecule has 0 aromatic heterocycles. The first kappa shape index (κ1) is 13.4. The predicted octanol–water partition coefficient (Wildman–Crippen LogP) is 4.49. The monoisotopic (exact) mass is 284 g/mol. The minimum absolute atomic E-state index is 0.0360. The maximum Gasteiger partial charge on any atom is 0.222 e. The van der Waals surface area contributed by atoms with Gasteiger partial charge >= 0.3 is 0 Å². The largest absolute Gasteiger partial charge is 0.504 e. The molecule has 0 amide bonds. The second-order valence-corrected chi connectivity index (χ2v) is 8.23. The normalized spacial score (nSPS) is 48.0. The van der Waals surface area contributed by atoms with Crippen LogP contribution in [0.1, 0.15) is 52.9 Å². The first-order chi connectivity index (χ1) is 9.80. The van der Waals surface area contributed by atoms with E-state index in [1.165, 1.54) is 24.8 Å². The Morgan fingerprint density at radius 1 is 1.24 bits per heavy atom. The lowest BCUT2D eigenvalue weighted by Gasteiger charge is -2.57. The van der Waals surface area contributed by atoms with Crippen LogP contribution in [0.15, 0.2) is 35.1 Å². The Morgan fingerprint density at radius 3 is 2.76 bits per heavy atom. The summed E-state index contributed by atoms with van der Waals surface area (Å²) in [7, 11) is 0. The van der Waals surface area contributed by atoms with Gasteiger partial charge in [-0.25, -0.2) is 0 Å². The summed E-state index contributed by atoms with van der Waals surface area (Å²) in [6.45, 7) is 6.52. The minimum Gasteiger partial charge on any atom is -0.504 e. The molecule has 0 aromatic rings. The highest BCUT2D eigenvalue weighted by molar-refractivity contribution is 6.08. The van der Waals surface area contributed by atoms with E-state index < -0.39 is 0 Å². The SMILES string of the molecule is CC1=C2CC[C@]34C=C[C@](C)(CC[C@H]3[C@]2(C)C=C(O)C1=O)C4. The van der Waals surface area contributed by atoms with Gasteiger partial charge in [-0.3, -0.25) is 4.79 Å². The molecule has 2 saturated carbocycles. The predicted molar refractivity (Wildman–Crippen MR) is 82.8 cm³/mol. The molecule has 112 valence electrons. The van der Waals surface area contributed by atoms with Crippen LogP contribution in [0.25, 0.3) is 0 Å². The Bertz CT molecular complexity index is 638. The number of rotatable bonds is 0. The van der Waals surface area contributed by atoms with Crippen LogP contribution in [-0.2, 0) is 4.79 Å². The van der Waals surface area contributed by atoms with Crippen molar-refractivity contribution in [2.24, 2.45) is 22.2 Å². The van der Waals surface area contributed by atoms with E-state index in [2.05, 4.69) is 26.0 Å². The lowest BCUT2D eigenvalue weighted by atomic mass is 9.47. The fourth-order valence-electron chi connectivity index (χ4n) is 5.95. The van der Waals surface area contributed by atoms with Gasteiger partial charge in [-0.15, -0.1) is 0 Å². The van der Waals surface area contributed by atoms with Crippen molar-refractivity contribution in [2.45, 2.75) is 52.9 Å². The molecule has 0 radical (unpaired) electrons. The molecule has 4 rings (SSSR count). The maximum absolute atomic E-state index is 12.1. The topological polar surface area (TPSA) is 37.3 Å². The molecule has 2 fully saturated rings. The molecule has 2 nitrogen and oxygen atoms in total. The van der Waals surface area contributed by atoms with Gasteiger partial charge in [0.05, 0.1) is 0 Å². The van der Waals surface area contributed by atoms with Crippen LogP contribution in [0.2, 0.25) is 0 Å². The van der Waals surface area contributed by atoms with Gasteiger partial charge in [0.15, 0.2) is 5.76 Å². The number of Topliss-reactive ketones (excluding diaryl/α,β-unsaturated/α-hetero) is 1. The Morgan fingerprint density at radius 2 is 2.00 bits per heavy atom. The van der Waals surface area contributed by atoms with Crippen LogP contribution < -0.4 is 0 Å². The molecule has 0 unspecified atom stereocenters. The van der Waals surface area contributed by atoms with E-state index in [4.69, 9.17) is 0 Å². The number of carbonyl (C=O) groups excluding carboxylic acids is 1. The number of hydrogen-bond donors (Lipinski definition) is 1. The molecule has 0 saturated heterocycles. The highest BCUT2D eigenvalue weighted by atomic mass is 16.3. The fourth-order valence-corrected chi connectivity index (χ4v) is 5.95. The van der Waals surface area contributed by atoms with Gasteiger partial charge in [0.25, 0.3) is 0 Å². The van der Waals surface area contributed by atoms with E-state index in [0.717, 1.165) is 18.4 Å². The summed E-state index contributed by atoms with van der Waals surface area (Å²) in [5, 5.41) is 10.1. The van der Waals surface area contributed by atoms with Crippen molar-refractivity contribution in [3.63, 3.8) is 0 Å². The third kappa shape index (κ3) is 1.51. The lowest BCUT2D eigenvalue weighted by molar-refractivity contribution is -0.115. The van der Waals surface area contributed by atoms with Crippen molar-refractivity contribution in [3.8, 4) is 0 Å². The van der Waals surface area contributed by atoms with E-state index in [9.17, 15) is 9.90 Å². The molecule has 2 bridgehead atoms. The summed E-state index contributed by atoms with van der Waals surface area (Å²) in [4.78, 5) is 12.1. The summed E-state index contributed by atoms with van der Waals surface area (Å²) in [6, 6.07) is 0. The van der Waals surface area contributed by atoms with Gasteiger partial charge in [0.2, 0.25) is 5.78 Å². The molecule has 4 aliphatic rings. The standard InChI is InChI=1S/C19H24O2/c1-12-13-4-7-19-9-8-17(2,11-19)6-5-15(19)18(13,3)10-14(20)16(12)21/h8-10,15,20H,4-7,11H2,1-3H3/t15-,17-,18+,19+/m0/s1. The molecule has 21 heavy (non-hydrogen) atoms. The molecular formula is C19H24O2. The number of hydrogen-bond acceptors (Lipinski definition) is 2. The molecule has 0 heterocycles. The number of carbonyl (C=O) groups is 1. The van der Waals surface area contributed by atoms with E-state index in [1.54, 1.807) is 0 Å². The van der Waals surface area contributed by atoms with Crippen molar-refractivity contribution < 1.29 is 9.90 Å². The summed E-state index contributed by atoms with van der Waals surface area (Å²) in [5.41, 5.74) is 2.59. The average Bonchev–Trinajstić information content (AvgIpc) is 2.66. The molecule has 1 spiro atoms. The minimum atomic E-state index is -0.166. The van der Waals surface area contributed by atoms with Gasteiger partial charge in [-0.1, -0.05) is 31.6 Å². The second-order valence-electron chi connectivity index (χ2n) is 8.23. The molecule has 4 aliphatic carbocycles. The number of fused-ring (bicyclic) bond motifs is 3. The Hall–Kier alpha value is -1.31. The Labute approximate surface area is 126 Å². The zero-order chi connectivity index (χ0) is 15.0. The summed E-state index contributed by atoms with van der Waals surface area (Å²) in [6.07, 6.45) is 12.6. The van der Waals surface area contributed by atoms with Crippen LogP contribution in [0.4, 0.5) is 0 Å². The lowest BCUT2D eigenvalue weighted by Crippen LogP contribution is -2.49. The van der Waals surface area contributed by atoms with E-state index >= 15 is 0 Å². The average molecular weight is 284 g/mol. The van der Waals surface area contributed by atoms with Crippen molar-refractivity contribution >= 4 is 5.78 Å². The van der Waals surface area contributed by atoms with Gasteiger partial charge in [0.1, 0.15) is 0 Å². The third-order valence-electron chi connectivity index (χ3n) is 6.93. The zero-order valence-corrected chi connectivity index (χ0v) is 13.2. The number of aliphatic hydroxyl groups excluding tert-OH is 1. The highest BCUT2D eigenvalue weighted by Gasteiger charge is 2.59. The van der Waals surface area contributed by atoms with E-state index in [-0.39, 0.29) is 22.4 Å². The molecule has 4 atom stereocenters. The van der Waals surface area contributed by atoms with E-state index in [0.29, 0.717) is 11.3 Å². The zero-order valence-electron chi connectivity index (χ0n) is 13.2. The highest BCUT2D eigenvalue weighted by Crippen LogP contribution is 2.68. The quantitative estimate of drug-likeness (QED) is 0.665. The van der Waals surface area contributed by atoms with Crippen LogP contribution >= 0.6 is 0 Å². The summed E-state index contributed by atoms with van der Waals surface area (Å²) >= 11 is 0. The van der Waals surface area contributed by atoms with Crippen molar-refractivity contribution in [3.05, 3.63) is 35.1 Å². The summed E-state index contributed by atoms with van der Waals surface area (Å²) < 4.78 is 0. The number of aliphatic hydroxyl groups is 1. The van der Waals surface area contributed by atoms with Crippen molar-refractivity contribution in [1.29, 1.82) is 0 Å². The molecule has 2 heteroatoms. The molecule has 0 aliphatic heterocycles. The molecule has 0 aromatic carbocycles. The first-order valence-corrected chi connectivity index (χ1v) is 8.17. The van der Waals surface area contributed by atoms with Crippen LogP contribution in [0, 0.1) is 22.2 Å². The number of ketones is 1. The van der Waals surface area contributed by atoms with Gasteiger partial charge < -0.3 is 5.11 Å². The summed E-state index contributed by atoms with van der Waals surface area (Å²) in [5.74, 6) is 0.318. The number of allylic oxidation sites excluding steroid dienone is 5.